The number of methoxy groups -OCH3 is 1. The van der Waals surface area contributed by atoms with Crippen molar-refractivity contribution in [1.82, 2.24) is 5.32 Å². The maximum atomic E-state index is 12.4. The van der Waals surface area contributed by atoms with E-state index >= 15 is 0 Å². The highest BCUT2D eigenvalue weighted by atomic mass is 19.1. The van der Waals surface area contributed by atoms with Gasteiger partial charge in [0, 0.05) is 20.2 Å². The van der Waals surface area contributed by atoms with E-state index in [-0.39, 0.29) is 6.10 Å². The van der Waals surface area contributed by atoms with Gasteiger partial charge in [-0.2, -0.15) is 0 Å². The fraction of sp³-hybridized carbons (Fsp3) is 1.00. The molecule has 0 aromatic carbocycles. The third kappa shape index (κ3) is 0.980. The molecule has 0 amide bonds. The lowest BCUT2D eigenvalue weighted by atomic mass is 10.3. The SMILES string of the molecule is COC1CNCC1F. The molecule has 0 saturated carbocycles. The first-order valence-corrected chi connectivity index (χ1v) is 2.72. The van der Waals surface area contributed by atoms with Gasteiger partial charge in [-0.05, 0) is 0 Å². The summed E-state index contributed by atoms with van der Waals surface area (Å²) in [6.07, 6.45) is -1.02. The van der Waals surface area contributed by atoms with Gasteiger partial charge in [0.1, 0.15) is 12.3 Å². The minimum Gasteiger partial charge on any atom is -0.377 e. The topological polar surface area (TPSA) is 21.3 Å². The molecule has 1 aliphatic rings. The Hall–Kier alpha value is -0.150. The molecule has 0 radical (unpaired) electrons. The fourth-order valence-electron chi connectivity index (χ4n) is 0.854. The van der Waals surface area contributed by atoms with E-state index in [0.29, 0.717) is 13.1 Å². The zero-order valence-corrected chi connectivity index (χ0v) is 4.86. The Labute approximate surface area is 48.0 Å². The maximum absolute atomic E-state index is 12.4. The van der Waals surface area contributed by atoms with Crippen molar-refractivity contribution in [3.63, 3.8) is 0 Å². The lowest BCUT2D eigenvalue weighted by Crippen LogP contribution is -2.21. The summed E-state index contributed by atoms with van der Waals surface area (Å²) in [5.41, 5.74) is 0. The van der Waals surface area contributed by atoms with Crippen LogP contribution < -0.4 is 5.32 Å². The third-order valence-electron chi connectivity index (χ3n) is 1.39. The third-order valence-corrected chi connectivity index (χ3v) is 1.39. The van der Waals surface area contributed by atoms with Gasteiger partial charge in [0.2, 0.25) is 0 Å². The number of alkyl halides is 1. The Morgan fingerprint density at radius 2 is 2.38 bits per heavy atom. The van der Waals surface area contributed by atoms with E-state index in [2.05, 4.69) is 5.32 Å². The Bertz CT molecular complexity index is 78.8. The molecule has 1 saturated heterocycles. The van der Waals surface area contributed by atoms with Gasteiger partial charge in [-0.25, -0.2) is 4.39 Å². The molecule has 0 spiro atoms. The fourth-order valence-corrected chi connectivity index (χ4v) is 0.854. The summed E-state index contributed by atoms with van der Waals surface area (Å²) in [6, 6.07) is 0. The van der Waals surface area contributed by atoms with Crippen molar-refractivity contribution in [2.45, 2.75) is 12.3 Å². The highest BCUT2D eigenvalue weighted by Gasteiger charge is 2.25. The molecule has 1 heterocycles. The summed E-state index contributed by atoms with van der Waals surface area (Å²) >= 11 is 0. The highest BCUT2D eigenvalue weighted by Crippen LogP contribution is 2.06. The predicted molar refractivity (Wildman–Crippen MR) is 28.6 cm³/mol. The summed E-state index contributed by atoms with van der Waals surface area (Å²) < 4.78 is 17.2. The summed E-state index contributed by atoms with van der Waals surface area (Å²) in [6.45, 7) is 1.09. The van der Waals surface area contributed by atoms with Crippen molar-refractivity contribution in [3.8, 4) is 0 Å². The van der Waals surface area contributed by atoms with Gasteiger partial charge in [-0.15, -0.1) is 0 Å². The van der Waals surface area contributed by atoms with Crippen LogP contribution in [0.5, 0.6) is 0 Å². The van der Waals surface area contributed by atoms with E-state index in [1.165, 1.54) is 7.11 Å². The van der Waals surface area contributed by atoms with Crippen LogP contribution in [0.25, 0.3) is 0 Å². The van der Waals surface area contributed by atoms with Crippen LogP contribution in [0.15, 0.2) is 0 Å². The Morgan fingerprint density at radius 3 is 2.62 bits per heavy atom. The van der Waals surface area contributed by atoms with Crippen molar-refractivity contribution < 1.29 is 9.13 Å². The Balaban J connectivity index is 2.30. The lowest BCUT2D eigenvalue weighted by Gasteiger charge is -2.06. The van der Waals surface area contributed by atoms with Crippen LogP contribution in [0.4, 0.5) is 4.39 Å². The van der Waals surface area contributed by atoms with Crippen LogP contribution in [-0.2, 0) is 4.74 Å². The molecule has 3 heteroatoms. The summed E-state index contributed by atoms with van der Waals surface area (Å²) in [5.74, 6) is 0. The molecule has 0 bridgehead atoms. The lowest BCUT2D eigenvalue weighted by molar-refractivity contribution is 0.0647. The van der Waals surface area contributed by atoms with Gasteiger partial charge in [-0.1, -0.05) is 0 Å². The Morgan fingerprint density at radius 1 is 1.62 bits per heavy atom. The zero-order chi connectivity index (χ0) is 5.98. The van der Waals surface area contributed by atoms with Gasteiger partial charge in [0.15, 0.2) is 0 Å². The molecule has 0 aromatic rings. The van der Waals surface area contributed by atoms with E-state index in [0.717, 1.165) is 0 Å². The molecule has 2 atom stereocenters. The number of hydrogen-bond donors (Lipinski definition) is 1. The van der Waals surface area contributed by atoms with Crippen LogP contribution in [0.1, 0.15) is 0 Å². The molecule has 2 nitrogen and oxygen atoms in total. The monoisotopic (exact) mass is 119 g/mol. The maximum Gasteiger partial charge on any atom is 0.140 e. The van der Waals surface area contributed by atoms with E-state index in [9.17, 15) is 4.39 Å². The molecule has 1 fully saturated rings. The average molecular weight is 119 g/mol. The summed E-state index contributed by atoms with van der Waals surface area (Å²) in [5, 5.41) is 2.87. The van der Waals surface area contributed by atoms with Gasteiger partial charge in [-0.3, -0.25) is 0 Å². The van der Waals surface area contributed by atoms with Crippen molar-refractivity contribution >= 4 is 0 Å². The van der Waals surface area contributed by atoms with Crippen LogP contribution in [0.3, 0.4) is 0 Å². The highest BCUT2D eigenvalue weighted by molar-refractivity contribution is 4.80. The van der Waals surface area contributed by atoms with Crippen LogP contribution >= 0.6 is 0 Å². The van der Waals surface area contributed by atoms with Crippen LogP contribution in [-0.4, -0.2) is 32.5 Å². The van der Waals surface area contributed by atoms with Crippen molar-refractivity contribution in [1.29, 1.82) is 0 Å². The molecule has 0 aliphatic carbocycles. The van der Waals surface area contributed by atoms with E-state index in [1.807, 2.05) is 0 Å². The quantitative estimate of drug-likeness (QED) is 0.522. The normalized spacial score (nSPS) is 38.2. The second-order valence-electron chi connectivity index (χ2n) is 1.95. The standard InChI is InChI=1S/C5H10FNO/c1-8-5-3-7-2-4(5)6/h4-5,7H,2-3H2,1H3. The predicted octanol–water partition coefficient (Wildman–Crippen LogP) is -0.0573. The van der Waals surface area contributed by atoms with E-state index in [4.69, 9.17) is 4.74 Å². The first-order chi connectivity index (χ1) is 3.84. The number of halogens is 1. The molecule has 48 valence electrons. The van der Waals surface area contributed by atoms with E-state index < -0.39 is 6.17 Å². The van der Waals surface area contributed by atoms with Crippen LogP contribution in [0.2, 0.25) is 0 Å². The molecule has 8 heavy (non-hydrogen) atoms. The summed E-state index contributed by atoms with van der Waals surface area (Å²) in [4.78, 5) is 0. The number of ether oxygens (including phenoxy) is 1. The minimum absolute atomic E-state index is 0.213. The first-order valence-electron chi connectivity index (χ1n) is 2.72. The molecular weight excluding hydrogens is 109 g/mol. The van der Waals surface area contributed by atoms with Gasteiger partial charge in [0.05, 0.1) is 0 Å². The first kappa shape index (κ1) is 5.98. The molecule has 1 aliphatic heterocycles. The average Bonchev–Trinajstić information content (AvgIpc) is 2.14. The van der Waals surface area contributed by atoms with Gasteiger partial charge >= 0.3 is 0 Å². The van der Waals surface area contributed by atoms with Gasteiger partial charge in [0.25, 0.3) is 0 Å². The molecule has 1 rings (SSSR count). The number of nitrogens with one attached hydrogen (secondary N) is 1. The second-order valence-corrected chi connectivity index (χ2v) is 1.95. The van der Waals surface area contributed by atoms with Gasteiger partial charge < -0.3 is 10.1 Å². The van der Waals surface area contributed by atoms with Crippen molar-refractivity contribution in [2.75, 3.05) is 20.2 Å². The van der Waals surface area contributed by atoms with Crippen LogP contribution in [0, 0.1) is 0 Å². The second kappa shape index (κ2) is 2.42. The van der Waals surface area contributed by atoms with Crippen molar-refractivity contribution in [3.05, 3.63) is 0 Å². The molecule has 2 unspecified atom stereocenters. The Kier molecular flexibility index (Phi) is 1.81. The molecule has 0 aromatic heterocycles. The number of hydrogen-bond acceptors (Lipinski definition) is 2. The largest absolute Gasteiger partial charge is 0.377 e. The van der Waals surface area contributed by atoms with E-state index in [1.54, 1.807) is 0 Å². The minimum atomic E-state index is -0.806. The molecule has 1 N–H and O–H groups in total. The zero-order valence-electron chi connectivity index (χ0n) is 4.86. The summed E-state index contributed by atoms with van der Waals surface area (Å²) in [7, 11) is 1.53. The smallest absolute Gasteiger partial charge is 0.140 e. The number of rotatable bonds is 1. The molecular formula is C5H10FNO. The van der Waals surface area contributed by atoms with Crippen molar-refractivity contribution in [2.24, 2.45) is 0 Å².